The summed E-state index contributed by atoms with van der Waals surface area (Å²) >= 11 is 1.48. The summed E-state index contributed by atoms with van der Waals surface area (Å²) in [6, 6.07) is 16.3. The van der Waals surface area contributed by atoms with E-state index in [4.69, 9.17) is 0 Å². The Balaban J connectivity index is 1.79. The maximum atomic E-state index is 12.9. The Hall–Kier alpha value is -2.40. The van der Waals surface area contributed by atoms with Crippen molar-refractivity contribution in [3.63, 3.8) is 0 Å². The van der Waals surface area contributed by atoms with Gasteiger partial charge in [0.2, 0.25) is 0 Å². The molecule has 1 atom stereocenters. The maximum absolute atomic E-state index is 12.9. The zero-order valence-electron chi connectivity index (χ0n) is 16.3. The fourth-order valence-corrected chi connectivity index (χ4v) is 4.06. The van der Waals surface area contributed by atoms with E-state index in [0.29, 0.717) is 0 Å². The molecule has 5 heteroatoms. The van der Waals surface area contributed by atoms with Gasteiger partial charge in [0.05, 0.1) is 5.25 Å². The topological polar surface area (TPSA) is 47.8 Å². The summed E-state index contributed by atoms with van der Waals surface area (Å²) in [6.07, 6.45) is 0.738. The number of nitrogens with zero attached hydrogens (tertiary/aromatic N) is 3. The van der Waals surface area contributed by atoms with Crippen LogP contribution in [0.5, 0.6) is 0 Å². The number of benzene rings is 2. The summed E-state index contributed by atoms with van der Waals surface area (Å²) in [5, 5.41) is 9.33. The molecule has 27 heavy (non-hydrogen) atoms. The van der Waals surface area contributed by atoms with Crippen LogP contribution in [0, 0.1) is 13.8 Å². The van der Waals surface area contributed by atoms with Crippen molar-refractivity contribution in [2.45, 2.75) is 51.1 Å². The van der Waals surface area contributed by atoms with Gasteiger partial charge in [-0.25, -0.2) is 0 Å². The molecule has 0 bridgehead atoms. The number of aryl methyl sites for hydroxylation is 2. The van der Waals surface area contributed by atoms with E-state index < -0.39 is 0 Å². The number of aromatic nitrogens is 3. The van der Waals surface area contributed by atoms with Crippen LogP contribution in [-0.4, -0.2) is 25.8 Å². The minimum atomic E-state index is -0.218. The van der Waals surface area contributed by atoms with Crippen molar-refractivity contribution in [1.29, 1.82) is 0 Å². The third-order valence-electron chi connectivity index (χ3n) is 4.62. The predicted molar refractivity (Wildman–Crippen MR) is 111 cm³/mol. The third kappa shape index (κ3) is 4.48. The van der Waals surface area contributed by atoms with E-state index in [-0.39, 0.29) is 11.0 Å². The van der Waals surface area contributed by atoms with E-state index in [1.54, 1.807) is 0 Å². The number of carbonyl (C=O) groups is 1. The normalized spacial score (nSPS) is 12.1. The summed E-state index contributed by atoms with van der Waals surface area (Å²) in [7, 11) is 0. The fraction of sp³-hybridized carbons (Fsp3) is 0.318. The molecule has 3 aromatic rings. The van der Waals surface area contributed by atoms with Crippen LogP contribution in [-0.2, 0) is 13.0 Å². The molecule has 1 aromatic heterocycles. The van der Waals surface area contributed by atoms with Crippen LogP contribution < -0.4 is 0 Å². The van der Waals surface area contributed by atoms with Crippen molar-refractivity contribution in [3.05, 3.63) is 76.6 Å². The van der Waals surface area contributed by atoms with Crippen molar-refractivity contribution in [2.24, 2.45) is 0 Å². The van der Waals surface area contributed by atoms with Gasteiger partial charge in [-0.2, -0.15) is 0 Å². The number of hydrogen-bond donors (Lipinski definition) is 0. The number of rotatable bonds is 7. The van der Waals surface area contributed by atoms with Gasteiger partial charge in [0.15, 0.2) is 10.9 Å². The van der Waals surface area contributed by atoms with E-state index in [1.165, 1.54) is 17.3 Å². The lowest BCUT2D eigenvalue weighted by molar-refractivity contribution is 0.0993. The van der Waals surface area contributed by atoms with Gasteiger partial charge >= 0.3 is 0 Å². The quantitative estimate of drug-likeness (QED) is 0.434. The molecule has 0 spiro atoms. The van der Waals surface area contributed by atoms with E-state index >= 15 is 0 Å². The van der Waals surface area contributed by atoms with Crippen molar-refractivity contribution in [3.8, 4) is 0 Å². The van der Waals surface area contributed by atoms with Crippen LogP contribution in [0.4, 0.5) is 0 Å². The molecule has 1 heterocycles. The maximum Gasteiger partial charge on any atom is 0.191 e. The van der Waals surface area contributed by atoms with Crippen LogP contribution in [0.25, 0.3) is 0 Å². The van der Waals surface area contributed by atoms with Crippen LogP contribution in [0.15, 0.2) is 53.7 Å². The first-order valence-corrected chi connectivity index (χ1v) is 10.1. The highest BCUT2D eigenvalue weighted by atomic mass is 32.2. The molecule has 0 aliphatic carbocycles. The summed E-state index contributed by atoms with van der Waals surface area (Å²) < 4.78 is 2.10. The SMILES string of the molecule is CCn1c(Cc2ccccc2)nnc1SC(C)C(=O)c1cc(C)ccc1C. The zero-order valence-corrected chi connectivity index (χ0v) is 17.1. The molecule has 0 saturated heterocycles. The summed E-state index contributed by atoms with van der Waals surface area (Å²) in [5.41, 5.74) is 4.11. The number of Topliss-reactive ketones (excluding diaryl/α,β-unsaturated/α-hetero) is 1. The molecular weight excluding hydrogens is 354 g/mol. The molecule has 140 valence electrons. The van der Waals surface area contributed by atoms with Crippen molar-refractivity contribution >= 4 is 17.5 Å². The Labute approximate surface area is 165 Å². The lowest BCUT2D eigenvalue weighted by Crippen LogP contribution is -2.16. The first kappa shape index (κ1) is 19.4. The van der Waals surface area contributed by atoms with Gasteiger partial charge in [0, 0.05) is 18.5 Å². The molecule has 0 radical (unpaired) electrons. The highest BCUT2D eigenvalue weighted by Gasteiger charge is 2.22. The molecule has 0 amide bonds. The van der Waals surface area contributed by atoms with E-state index in [0.717, 1.165) is 40.6 Å². The number of carbonyl (C=O) groups excluding carboxylic acids is 1. The smallest absolute Gasteiger partial charge is 0.191 e. The second-order valence-corrected chi connectivity index (χ2v) is 8.06. The van der Waals surface area contributed by atoms with Gasteiger partial charge < -0.3 is 4.57 Å². The fourth-order valence-electron chi connectivity index (χ4n) is 3.06. The van der Waals surface area contributed by atoms with Gasteiger partial charge in [-0.05, 0) is 44.9 Å². The molecule has 0 saturated carbocycles. The van der Waals surface area contributed by atoms with Crippen molar-refractivity contribution < 1.29 is 4.79 Å². The lowest BCUT2D eigenvalue weighted by atomic mass is 10.0. The average molecular weight is 380 g/mol. The molecule has 0 fully saturated rings. The first-order valence-electron chi connectivity index (χ1n) is 9.23. The summed E-state index contributed by atoms with van der Waals surface area (Å²) in [4.78, 5) is 12.9. The van der Waals surface area contributed by atoms with Gasteiger partial charge in [0.1, 0.15) is 5.82 Å². The Bertz CT molecular complexity index is 934. The van der Waals surface area contributed by atoms with Crippen LogP contribution in [0.3, 0.4) is 0 Å². The van der Waals surface area contributed by atoms with E-state index in [1.807, 2.05) is 57.2 Å². The van der Waals surface area contributed by atoms with Crippen LogP contribution in [0.2, 0.25) is 0 Å². The number of thioether (sulfide) groups is 1. The van der Waals surface area contributed by atoms with Gasteiger partial charge in [0.25, 0.3) is 0 Å². The van der Waals surface area contributed by atoms with Crippen molar-refractivity contribution in [2.75, 3.05) is 0 Å². The molecule has 3 rings (SSSR count). The summed E-state index contributed by atoms with van der Waals surface area (Å²) in [6.45, 7) is 8.80. The van der Waals surface area contributed by atoms with E-state index in [2.05, 4.69) is 33.8 Å². The molecule has 4 nitrogen and oxygen atoms in total. The molecule has 0 N–H and O–H groups in total. The molecule has 1 unspecified atom stereocenters. The van der Waals surface area contributed by atoms with E-state index in [9.17, 15) is 4.79 Å². The lowest BCUT2D eigenvalue weighted by Gasteiger charge is -2.13. The molecular formula is C22H25N3OS. The van der Waals surface area contributed by atoms with Crippen LogP contribution >= 0.6 is 11.8 Å². The Kier molecular flexibility index (Phi) is 6.11. The second kappa shape index (κ2) is 8.53. The minimum Gasteiger partial charge on any atom is -0.306 e. The largest absolute Gasteiger partial charge is 0.306 e. The van der Waals surface area contributed by atoms with Gasteiger partial charge in [-0.15, -0.1) is 10.2 Å². The molecule has 0 aliphatic heterocycles. The Morgan fingerprint density at radius 2 is 1.85 bits per heavy atom. The monoisotopic (exact) mass is 379 g/mol. The molecule has 0 aliphatic rings. The predicted octanol–water partition coefficient (Wildman–Crippen LogP) is 4.87. The van der Waals surface area contributed by atoms with Gasteiger partial charge in [-0.1, -0.05) is 59.8 Å². The zero-order chi connectivity index (χ0) is 19.4. The number of ketones is 1. The number of hydrogen-bond acceptors (Lipinski definition) is 4. The third-order valence-corrected chi connectivity index (χ3v) is 5.71. The first-order chi connectivity index (χ1) is 13.0. The Morgan fingerprint density at radius 1 is 1.11 bits per heavy atom. The molecule has 2 aromatic carbocycles. The van der Waals surface area contributed by atoms with Crippen molar-refractivity contribution in [1.82, 2.24) is 14.8 Å². The second-order valence-electron chi connectivity index (χ2n) is 6.75. The highest BCUT2D eigenvalue weighted by Crippen LogP contribution is 2.27. The van der Waals surface area contributed by atoms with Gasteiger partial charge in [-0.3, -0.25) is 4.79 Å². The average Bonchev–Trinajstić information content (AvgIpc) is 3.05. The Morgan fingerprint density at radius 3 is 2.56 bits per heavy atom. The minimum absolute atomic E-state index is 0.136. The highest BCUT2D eigenvalue weighted by molar-refractivity contribution is 8.00. The van der Waals surface area contributed by atoms with Crippen LogP contribution in [0.1, 0.15) is 46.7 Å². The summed E-state index contributed by atoms with van der Waals surface area (Å²) in [5.74, 6) is 1.06. The standard InChI is InChI=1S/C22H25N3OS/c1-5-25-20(14-18-9-7-6-8-10-18)23-24-22(25)27-17(4)21(26)19-13-15(2)11-12-16(19)3/h6-13,17H,5,14H2,1-4H3.